The first-order valence-corrected chi connectivity index (χ1v) is 9.61. The van der Waals surface area contributed by atoms with Gasteiger partial charge in [0, 0.05) is 30.5 Å². The molecule has 0 heterocycles. The summed E-state index contributed by atoms with van der Waals surface area (Å²) in [5, 5.41) is 6.84. The molecule has 142 valence electrons. The van der Waals surface area contributed by atoms with Crippen molar-refractivity contribution in [3.05, 3.63) is 48.5 Å². The van der Waals surface area contributed by atoms with Gasteiger partial charge in [0.2, 0.25) is 0 Å². The van der Waals surface area contributed by atoms with Gasteiger partial charge in [0.1, 0.15) is 11.5 Å². The van der Waals surface area contributed by atoms with E-state index < -0.39 is 0 Å². The van der Waals surface area contributed by atoms with E-state index in [1.165, 1.54) is 0 Å². The lowest BCUT2D eigenvalue weighted by molar-refractivity contribution is 0.271. The first-order chi connectivity index (χ1) is 12.7. The number of unbranched alkanes of at least 4 members (excludes halogenated alkanes) is 1. The smallest absolute Gasteiger partial charge is 0.121 e. The largest absolute Gasteiger partial charge is 0.494 e. The summed E-state index contributed by atoms with van der Waals surface area (Å²) < 4.78 is 11.4. The molecular weight excluding hydrogens is 324 g/mol. The zero-order valence-corrected chi connectivity index (χ0v) is 16.3. The van der Waals surface area contributed by atoms with Crippen LogP contribution in [0.3, 0.4) is 0 Å². The maximum absolute atomic E-state index is 5.76. The molecule has 0 bridgehead atoms. The quantitative estimate of drug-likeness (QED) is 0.498. The van der Waals surface area contributed by atoms with Crippen molar-refractivity contribution in [2.45, 2.75) is 33.6 Å². The molecule has 0 spiro atoms. The normalized spacial score (nSPS) is 10.6. The van der Waals surface area contributed by atoms with Crippen LogP contribution in [0.4, 0.5) is 11.4 Å². The molecule has 0 saturated carbocycles. The second-order valence-electron chi connectivity index (χ2n) is 6.81. The van der Waals surface area contributed by atoms with E-state index in [1.54, 1.807) is 0 Å². The molecule has 0 aliphatic carbocycles. The van der Waals surface area contributed by atoms with Crippen LogP contribution in [0.15, 0.2) is 48.5 Å². The molecule has 0 atom stereocenters. The van der Waals surface area contributed by atoms with Gasteiger partial charge in [-0.3, -0.25) is 0 Å². The fourth-order valence-electron chi connectivity index (χ4n) is 2.38. The first kappa shape index (κ1) is 20.0. The van der Waals surface area contributed by atoms with Crippen molar-refractivity contribution in [1.82, 2.24) is 0 Å². The average molecular weight is 357 g/mol. The monoisotopic (exact) mass is 356 g/mol. The Balaban J connectivity index is 1.69. The van der Waals surface area contributed by atoms with Crippen LogP contribution in [-0.4, -0.2) is 26.3 Å². The van der Waals surface area contributed by atoms with Crippen LogP contribution in [-0.2, 0) is 0 Å². The van der Waals surface area contributed by atoms with E-state index in [0.717, 1.165) is 62.0 Å². The van der Waals surface area contributed by atoms with Crippen LogP contribution >= 0.6 is 0 Å². The van der Waals surface area contributed by atoms with E-state index in [2.05, 4.69) is 49.6 Å². The molecule has 26 heavy (non-hydrogen) atoms. The lowest BCUT2D eigenvalue weighted by Gasteiger charge is -2.12. The highest BCUT2D eigenvalue weighted by atomic mass is 16.5. The summed E-state index contributed by atoms with van der Waals surface area (Å²) in [5.74, 6) is 2.37. The topological polar surface area (TPSA) is 42.5 Å². The van der Waals surface area contributed by atoms with Gasteiger partial charge in [-0.25, -0.2) is 0 Å². The second kappa shape index (κ2) is 11.3. The summed E-state index contributed by atoms with van der Waals surface area (Å²) in [6.45, 7) is 9.67. The van der Waals surface area contributed by atoms with Gasteiger partial charge < -0.3 is 20.1 Å². The number of nitrogens with one attached hydrogen (secondary N) is 2. The highest BCUT2D eigenvalue weighted by Gasteiger charge is 1.99. The van der Waals surface area contributed by atoms with Gasteiger partial charge in [-0.05, 0) is 48.7 Å². The number of hydrogen-bond acceptors (Lipinski definition) is 4. The zero-order valence-electron chi connectivity index (χ0n) is 16.3. The van der Waals surface area contributed by atoms with Crippen molar-refractivity contribution in [3.63, 3.8) is 0 Å². The van der Waals surface area contributed by atoms with Crippen LogP contribution in [0, 0.1) is 5.92 Å². The van der Waals surface area contributed by atoms with E-state index in [-0.39, 0.29) is 0 Å². The Hall–Kier alpha value is -2.36. The highest BCUT2D eigenvalue weighted by molar-refractivity contribution is 5.49. The molecule has 2 N–H and O–H groups in total. The number of benzene rings is 2. The predicted octanol–water partition coefficient (Wildman–Crippen LogP) is 5.42. The van der Waals surface area contributed by atoms with Crippen molar-refractivity contribution >= 4 is 11.4 Å². The SMILES string of the molecule is CCCCOc1ccc(NCCNc2cccc(OCC(C)C)c2)cc1. The average Bonchev–Trinajstić information content (AvgIpc) is 2.65. The van der Waals surface area contributed by atoms with Crippen LogP contribution in [0.5, 0.6) is 11.5 Å². The molecule has 0 radical (unpaired) electrons. The van der Waals surface area contributed by atoms with Crippen LogP contribution in [0.25, 0.3) is 0 Å². The highest BCUT2D eigenvalue weighted by Crippen LogP contribution is 2.18. The summed E-state index contributed by atoms with van der Waals surface area (Å²) in [7, 11) is 0. The number of hydrogen-bond donors (Lipinski definition) is 2. The molecule has 4 heteroatoms. The molecule has 0 fully saturated rings. The second-order valence-corrected chi connectivity index (χ2v) is 6.81. The lowest BCUT2D eigenvalue weighted by Crippen LogP contribution is -2.13. The molecule has 0 aromatic heterocycles. The summed E-state index contributed by atoms with van der Waals surface area (Å²) in [6, 6.07) is 16.3. The van der Waals surface area contributed by atoms with Gasteiger partial charge in [0.25, 0.3) is 0 Å². The Morgan fingerprint density at radius 1 is 0.846 bits per heavy atom. The Bertz CT molecular complexity index is 626. The van der Waals surface area contributed by atoms with Crippen molar-refractivity contribution in [1.29, 1.82) is 0 Å². The fourth-order valence-corrected chi connectivity index (χ4v) is 2.38. The van der Waals surface area contributed by atoms with Gasteiger partial charge in [-0.1, -0.05) is 33.3 Å². The number of rotatable bonds is 12. The van der Waals surface area contributed by atoms with Crippen LogP contribution < -0.4 is 20.1 Å². The van der Waals surface area contributed by atoms with E-state index in [1.807, 2.05) is 30.3 Å². The molecule has 0 aliphatic heterocycles. The Morgan fingerprint density at radius 3 is 2.27 bits per heavy atom. The molecule has 2 rings (SSSR count). The van der Waals surface area contributed by atoms with Crippen LogP contribution in [0.1, 0.15) is 33.6 Å². The van der Waals surface area contributed by atoms with Gasteiger partial charge in [0.05, 0.1) is 13.2 Å². The fraction of sp³-hybridized carbons (Fsp3) is 0.455. The minimum Gasteiger partial charge on any atom is -0.494 e. The van der Waals surface area contributed by atoms with Crippen molar-refractivity contribution in [2.24, 2.45) is 5.92 Å². The summed E-state index contributed by atoms with van der Waals surface area (Å²) in [4.78, 5) is 0. The van der Waals surface area contributed by atoms with Gasteiger partial charge in [-0.2, -0.15) is 0 Å². The van der Waals surface area contributed by atoms with Crippen molar-refractivity contribution in [2.75, 3.05) is 36.9 Å². The number of anilines is 2. The zero-order chi connectivity index (χ0) is 18.6. The molecule has 2 aromatic rings. The first-order valence-electron chi connectivity index (χ1n) is 9.61. The van der Waals surface area contributed by atoms with E-state index in [9.17, 15) is 0 Å². The predicted molar refractivity (Wildman–Crippen MR) is 111 cm³/mol. The molecule has 2 aromatic carbocycles. The van der Waals surface area contributed by atoms with Gasteiger partial charge in [-0.15, -0.1) is 0 Å². The maximum atomic E-state index is 5.76. The Labute approximate surface area is 157 Å². The van der Waals surface area contributed by atoms with Crippen molar-refractivity contribution in [3.8, 4) is 11.5 Å². The third-order valence-electron chi connectivity index (χ3n) is 3.82. The summed E-state index contributed by atoms with van der Waals surface area (Å²) in [6.07, 6.45) is 2.24. The lowest BCUT2D eigenvalue weighted by atomic mass is 10.2. The molecule has 0 aliphatic rings. The molecule has 0 saturated heterocycles. The van der Waals surface area contributed by atoms with Crippen molar-refractivity contribution < 1.29 is 9.47 Å². The van der Waals surface area contributed by atoms with E-state index in [4.69, 9.17) is 9.47 Å². The van der Waals surface area contributed by atoms with Gasteiger partial charge in [0.15, 0.2) is 0 Å². The number of ether oxygens (including phenoxy) is 2. The Kier molecular flexibility index (Phi) is 8.67. The molecule has 4 nitrogen and oxygen atoms in total. The minimum atomic E-state index is 0.527. The van der Waals surface area contributed by atoms with E-state index >= 15 is 0 Å². The third kappa shape index (κ3) is 7.68. The van der Waals surface area contributed by atoms with Gasteiger partial charge >= 0.3 is 0 Å². The summed E-state index contributed by atoms with van der Waals surface area (Å²) in [5.41, 5.74) is 2.18. The molecule has 0 unspecified atom stereocenters. The third-order valence-corrected chi connectivity index (χ3v) is 3.82. The summed E-state index contributed by atoms with van der Waals surface area (Å²) >= 11 is 0. The standard InChI is InChI=1S/C22H32N2O2/c1-4-5-15-25-21-11-9-19(10-12-21)23-13-14-24-20-7-6-8-22(16-20)26-17-18(2)3/h6-12,16,18,23-24H,4-5,13-15,17H2,1-3H3. The molecular formula is C22H32N2O2. The van der Waals surface area contributed by atoms with Crippen LogP contribution in [0.2, 0.25) is 0 Å². The maximum Gasteiger partial charge on any atom is 0.121 e. The Morgan fingerprint density at radius 2 is 1.58 bits per heavy atom. The van der Waals surface area contributed by atoms with E-state index in [0.29, 0.717) is 5.92 Å². The minimum absolute atomic E-state index is 0.527. The molecule has 0 amide bonds.